The molecule has 1 amide bonds. The van der Waals surface area contributed by atoms with E-state index >= 15 is 0 Å². The number of thiophene rings is 1. The lowest BCUT2D eigenvalue weighted by Crippen LogP contribution is -2.32. The maximum atomic E-state index is 12.4. The summed E-state index contributed by atoms with van der Waals surface area (Å²) in [4.78, 5) is 15.4. The van der Waals surface area contributed by atoms with Gasteiger partial charge >= 0.3 is 0 Å². The van der Waals surface area contributed by atoms with Gasteiger partial charge in [0.25, 0.3) is 0 Å². The Balaban J connectivity index is 1.60. The minimum absolute atomic E-state index is 0.0988. The van der Waals surface area contributed by atoms with E-state index in [-0.39, 0.29) is 12.5 Å². The van der Waals surface area contributed by atoms with E-state index in [0.717, 1.165) is 22.9 Å². The second kappa shape index (κ2) is 8.64. The smallest absolute Gasteiger partial charge is 0.238 e. The van der Waals surface area contributed by atoms with Crippen LogP contribution in [0.1, 0.15) is 12.6 Å². The van der Waals surface area contributed by atoms with Crippen LogP contribution in [0, 0.1) is 0 Å². The number of nitrogens with one attached hydrogen (secondary N) is 1. The molecule has 0 radical (unpaired) electrons. The molecule has 0 fully saturated rings. The van der Waals surface area contributed by atoms with Gasteiger partial charge in [-0.2, -0.15) is 0 Å². The van der Waals surface area contributed by atoms with Crippen LogP contribution in [0.25, 0.3) is 10.6 Å². The molecule has 0 unspecified atom stereocenters. The van der Waals surface area contributed by atoms with Crippen LogP contribution in [0.5, 0.6) is 5.75 Å². The number of rotatable bonds is 8. The number of hydrogen-bond donors (Lipinski definition) is 1. The maximum absolute atomic E-state index is 12.4. The van der Waals surface area contributed by atoms with Crippen LogP contribution < -0.4 is 10.1 Å². The van der Waals surface area contributed by atoms with E-state index in [1.54, 1.807) is 18.4 Å². The van der Waals surface area contributed by atoms with Crippen LogP contribution >= 0.6 is 11.3 Å². The molecular weight excluding hydrogens is 350 g/mol. The molecule has 1 N–H and O–H groups in total. The van der Waals surface area contributed by atoms with Gasteiger partial charge in [0.1, 0.15) is 5.75 Å². The zero-order valence-corrected chi connectivity index (χ0v) is 15.6. The molecule has 1 aromatic carbocycles. The first-order valence-electron chi connectivity index (χ1n) is 8.34. The lowest BCUT2D eigenvalue weighted by Gasteiger charge is -2.18. The van der Waals surface area contributed by atoms with Gasteiger partial charge in [-0.3, -0.25) is 9.69 Å². The molecule has 0 bridgehead atoms. The molecule has 0 atom stereocenters. The maximum Gasteiger partial charge on any atom is 0.238 e. The zero-order valence-electron chi connectivity index (χ0n) is 14.8. The van der Waals surface area contributed by atoms with Gasteiger partial charge in [-0.15, -0.1) is 11.3 Å². The van der Waals surface area contributed by atoms with Gasteiger partial charge in [0.05, 0.1) is 29.9 Å². The number of benzene rings is 1. The number of methoxy groups -OCH3 is 1. The van der Waals surface area contributed by atoms with E-state index in [1.807, 2.05) is 59.7 Å². The predicted molar refractivity (Wildman–Crippen MR) is 102 cm³/mol. The number of ether oxygens (including phenoxy) is 1. The highest BCUT2D eigenvalue weighted by Crippen LogP contribution is 2.26. The highest BCUT2D eigenvalue weighted by atomic mass is 32.1. The Morgan fingerprint density at radius 1 is 1.31 bits per heavy atom. The van der Waals surface area contributed by atoms with Crippen molar-refractivity contribution in [2.45, 2.75) is 13.5 Å². The van der Waals surface area contributed by atoms with E-state index in [9.17, 15) is 4.79 Å². The Kier molecular flexibility index (Phi) is 6.04. The first-order chi connectivity index (χ1) is 12.7. The fourth-order valence-corrected chi connectivity index (χ4v) is 3.24. The van der Waals surface area contributed by atoms with Gasteiger partial charge in [0.15, 0.2) is 5.76 Å². The van der Waals surface area contributed by atoms with E-state index in [1.165, 1.54) is 0 Å². The molecule has 2 aromatic heterocycles. The average molecular weight is 371 g/mol. The van der Waals surface area contributed by atoms with E-state index < -0.39 is 0 Å². The highest BCUT2D eigenvalue weighted by molar-refractivity contribution is 7.13. The fourth-order valence-electron chi connectivity index (χ4n) is 2.57. The van der Waals surface area contributed by atoms with Gasteiger partial charge < -0.3 is 14.6 Å². The Bertz CT molecular complexity index is 845. The van der Waals surface area contributed by atoms with Gasteiger partial charge in [0.2, 0.25) is 5.91 Å². The molecule has 3 aromatic rings. The molecule has 6 nitrogen and oxygen atoms in total. The van der Waals surface area contributed by atoms with Crippen molar-refractivity contribution in [3.05, 3.63) is 53.5 Å². The Morgan fingerprint density at radius 2 is 2.15 bits per heavy atom. The third-order valence-corrected chi connectivity index (χ3v) is 4.79. The number of amides is 1. The van der Waals surface area contributed by atoms with E-state index in [2.05, 4.69) is 10.5 Å². The summed E-state index contributed by atoms with van der Waals surface area (Å²) in [6.07, 6.45) is 0. The summed E-state index contributed by atoms with van der Waals surface area (Å²) < 4.78 is 10.7. The SMILES string of the molecule is CCN(CC(=O)Nc1ccccc1OC)Cc1cc(-c2cccs2)on1. The fraction of sp³-hybridized carbons (Fsp3) is 0.263. The van der Waals surface area contributed by atoms with Crippen LogP contribution in [0.3, 0.4) is 0 Å². The molecule has 0 saturated carbocycles. The Hall–Kier alpha value is -2.64. The number of para-hydroxylation sites is 2. The van der Waals surface area contributed by atoms with E-state index in [0.29, 0.717) is 18.0 Å². The lowest BCUT2D eigenvalue weighted by atomic mass is 10.3. The normalized spacial score (nSPS) is 10.9. The number of aromatic nitrogens is 1. The lowest BCUT2D eigenvalue weighted by molar-refractivity contribution is -0.117. The van der Waals surface area contributed by atoms with Crippen LogP contribution in [0.4, 0.5) is 5.69 Å². The minimum atomic E-state index is -0.0988. The largest absolute Gasteiger partial charge is 0.495 e. The molecule has 0 spiro atoms. The van der Waals surface area contributed by atoms with Crippen molar-refractivity contribution >= 4 is 22.9 Å². The standard InChI is InChI=1S/C19H21N3O3S/c1-3-22(12-14-11-17(25-21-14)18-9-6-10-26-18)13-19(23)20-15-7-4-5-8-16(15)24-2/h4-11H,3,12-13H2,1-2H3,(H,20,23). The third-order valence-electron chi connectivity index (χ3n) is 3.90. The molecule has 3 rings (SSSR count). The van der Waals surface area contributed by atoms with Gasteiger partial charge in [0, 0.05) is 12.6 Å². The third kappa shape index (κ3) is 4.50. The zero-order chi connectivity index (χ0) is 18.4. The van der Waals surface area contributed by atoms with Crippen LogP contribution in [-0.4, -0.2) is 36.2 Å². The first kappa shape index (κ1) is 18.2. The van der Waals surface area contributed by atoms with Crippen molar-refractivity contribution in [3.63, 3.8) is 0 Å². The number of carbonyl (C=O) groups excluding carboxylic acids is 1. The quantitative estimate of drug-likeness (QED) is 0.651. The van der Waals surface area contributed by atoms with Gasteiger partial charge in [-0.05, 0) is 30.1 Å². The minimum Gasteiger partial charge on any atom is -0.495 e. The molecule has 0 aliphatic rings. The summed E-state index contributed by atoms with van der Waals surface area (Å²) in [6.45, 7) is 3.54. The van der Waals surface area contributed by atoms with Crippen LogP contribution in [-0.2, 0) is 11.3 Å². The summed E-state index contributed by atoms with van der Waals surface area (Å²) in [5.74, 6) is 1.30. The average Bonchev–Trinajstić information content (AvgIpc) is 3.33. The molecule has 0 aliphatic heterocycles. The second-order valence-electron chi connectivity index (χ2n) is 5.71. The second-order valence-corrected chi connectivity index (χ2v) is 6.66. The Labute approximate surface area is 156 Å². The number of hydrogen-bond acceptors (Lipinski definition) is 6. The summed E-state index contributed by atoms with van der Waals surface area (Å²) >= 11 is 1.61. The topological polar surface area (TPSA) is 67.6 Å². The summed E-state index contributed by atoms with van der Waals surface area (Å²) in [5.41, 5.74) is 1.47. The first-order valence-corrected chi connectivity index (χ1v) is 9.22. The monoisotopic (exact) mass is 371 g/mol. The number of carbonyl (C=O) groups is 1. The molecule has 136 valence electrons. The van der Waals surface area contributed by atoms with Crippen molar-refractivity contribution in [1.82, 2.24) is 10.1 Å². The molecule has 26 heavy (non-hydrogen) atoms. The van der Waals surface area contributed by atoms with Crippen molar-refractivity contribution in [2.24, 2.45) is 0 Å². The van der Waals surface area contributed by atoms with Gasteiger partial charge in [-0.25, -0.2) is 0 Å². The number of anilines is 1. The number of likely N-dealkylation sites (N-methyl/N-ethyl adjacent to an activating group) is 1. The molecule has 0 aliphatic carbocycles. The van der Waals surface area contributed by atoms with Crippen molar-refractivity contribution < 1.29 is 14.1 Å². The number of nitrogens with zero attached hydrogens (tertiary/aromatic N) is 2. The molecular formula is C19H21N3O3S. The van der Waals surface area contributed by atoms with Crippen molar-refractivity contribution in [3.8, 4) is 16.4 Å². The summed E-state index contributed by atoms with van der Waals surface area (Å²) in [6, 6.07) is 13.2. The molecule has 0 saturated heterocycles. The summed E-state index contributed by atoms with van der Waals surface area (Å²) in [7, 11) is 1.58. The predicted octanol–water partition coefficient (Wildman–Crippen LogP) is 3.87. The van der Waals surface area contributed by atoms with Crippen LogP contribution in [0.15, 0.2) is 52.4 Å². The molecule has 2 heterocycles. The molecule has 7 heteroatoms. The van der Waals surface area contributed by atoms with Crippen molar-refractivity contribution in [2.75, 3.05) is 25.5 Å². The van der Waals surface area contributed by atoms with Gasteiger partial charge in [-0.1, -0.05) is 30.3 Å². The highest BCUT2D eigenvalue weighted by Gasteiger charge is 2.15. The van der Waals surface area contributed by atoms with E-state index in [4.69, 9.17) is 9.26 Å². The van der Waals surface area contributed by atoms with Crippen molar-refractivity contribution in [1.29, 1.82) is 0 Å². The Morgan fingerprint density at radius 3 is 2.88 bits per heavy atom. The summed E-state index contributed by atoms with van der Waals surface area (Å²) in [5, 5.41) is 9.01. The van der Waals surface area contributed by atoms with Crippen LogP contribution in [0.2, 0.25) is 0 Å².